The number of aromatic nitrogens is 2. The summed E-state index contributed by atoms with van der Waals surface area (Å²) in [4.78, 5) is 0. The fraction of sp³-hybridized carbons (Fsp3) is 0.471. The molecule has 0 fully saturated rings. The van der Waals surface area contributed by atoms with E-state index in [-0.39, 0.29) is 24.4 Å². The number of aliphatic hydroxyl groups excluding tert-OH is 1. The van der Waals surface area contributed by atoms with E-state index in [9.17, 15) is 9.50 Å². The van der Waals surface area contributed by atoms with E-state index >= 15 is 0 Å². The standard InChI is InChI=1S/C17H24FN3O/c1-11(10-22)12(2)19-9-17-13(3)20-21(14(17)4)16-7-5-15(18)6-8-16/h5-8,11-12,19,22H,9-10H2,1-4H3. The molecule has 0 saturated carbocycles. The van der Waals surface area contributed by atoms with Gasteiger partial charge in [-0.05, 0) is 51.0 Å². The van der Waals surface area contributed by atoms with Gasteiger partial charge < -0.3 is 10.4 Å². The third-order valence-electron chi connectivity index (χ3n) is 4.25. The van der Waals surface area contributed by atoms with Crippen molar-refractivity contribution in [2.45, 2.75) is 40.3 Å². The molecule has 0 radical (unpaired) electrons. The van der Waals surface area contributed by atoms with E-state index in [0.717, 1.165) is 22.6 Å². The molecule has 0 bridgehead atoms. The summed E-state index contributed by atoms with van der Waals surface area (Å²) in [5.41, 5.74) is 3.99. The molecule has 0 spiro atoms. The molecule has 2 N–H and O–H groups in total. The van der Waals surface area contributed by atoms with Crippen molar-refractivity contribution in [2.75, 3.05) is 6.61 Å². The quantitative estimate of drug-likeness (QED) is 0.863. The first-order valence-corrected chi connectivity index (χ1v) is 7.59. The van der Waals surface area contributed by atoms with Crippen LogP contribution in [0, 0.1) is 25.6 Å². The van der Waals surface area contributed by atoms with Crippen LogP contribution in [0.2, 0.25) is 0 Å². The van der Waals surface area contributed by atoms with Crippen molar-refractivity contribution >= 4 is 0 Å². The summed E-state index contributed by atoms with van der Waals surface area (Å²) in [6, 6.07) is 6.55. The van der Waals surface area contributed by atoms with Gasteiger partial charge in [-0.2, -0.15) is 5.10 Å². The lowest BCUT2D eigenvalue weighted by Crippen LogP contribution is -2.33. The fourth-order valence-electron chi connectivity index (χ4n) is 2.39. The Bertz CT molecular complexity index is 622. The Kier molecular flexibility index (Phi) is 5.32. The number of hydrogen-bond acceptors (Lipinski definition) is 3. The SMILES string of the molecule is Cc1nn(-c2ccc(F)cc2)c(C)c1CNC(C)C(C)CO. The van der Waals surface area contributed by atoms with Crippen LogP contribution in [0.25, 0.3) is 5.69 Å². The van der Waals surface area contributed by atoms with Gasteiger partial charge in [-0.15, -0.1) is 0 Å². The molecule has 2 aromatic rings. The van der Waals surface area contributed by atoms with Crippen molar-refractivity contribution in [3.8, 4) is 5.69 Å². The van der Waals surface area contributed by atoms with Crippen molar-refractivity contribution in [2.24, 2.45) is 5.92 Å². The van der Waals surface area contributed by atoms with E-state index in [1.54, 1.807) is 12.1 Å². The molecule has 2 rings (SSSR count). The first kappa shape index (κ1) is 16.6. The summed E-state index contributed by atoms with van der Waals surface area (Å²) in [6.07, 6.45) is 0. The van der Waals surface area contributed by atoms with Gasteiger partial charge in [0, 0.05) is 30.5 Å². The molecule has 0 aliphatic carbocycles. The Labute approximate surface area is 131 Å². The maximum Gasteiger partial charge on any atom is 0.123 e. The minimum absolute atomic E-state index is 0.168. The largest absolute Gasteiger partial charge is 0.396 e. The van der Waals surface area contributed by atoms with Crippen molar-refractivity contribution in [1.29, 1.82) is 0 Å². The molecule has 120 valence electrons. The van der Waals surface area contributed by atoms with Gasteiger partial charge in [-0.3, -0.25) is 0 Å². The van der Waals surface area contributed by atoms with Gasteiger partial charge in [-0.25, -0.2) is 9.07 Å². The van der Waals surface area contributed by atoms with E-state index in [4.69, 9.17) is 0 Å². The van der Waals surface area contributed by atoms with Crippen LogP contribution >= 0.6 is 0 Å². The summed E-state index contributed by atoms with van der Waals surface area (Å²) >= 11 is 0. The molecule has 22 heavy (non-hydrogen) atoms. The number of nitrogens with zero attached hydrogens (tertiary/aromatic N) is 2. The molecule has 1 heterocycles. The lowest BCUT2D eigenvalue weighted by molar-refractivity contribution is 0.207. The van der Waals surface area contributed by atoms with Gasteiger partial charge in [0.2, 0.25) is 0 Å². The Balaban J connectivity index is 2.18. The number of halogens is 1. The maximum absolute atomic E-state index is 13.0. The third kappa shape index (κ3) is 3.54. The van der Waals surface area contributed by atoms with Gasteiger partial charge in [0.05, 0.1) is 11.4 Å². The molecular weight excluding hydrogens is 281 g/mol. The van der Waals surface area contributed by atoms with Crippen molar-refractivity contribution in [1.82, 2.24) is 15.1 Å². The molecule has 1 aromatic carbocycles. The third-order valence-corrected chi connectivity index (χ3v) is 4.25. The number of hydrogen-bond donors (Lipinski definition) is 2. The summed E-state index contributed by atoms with van der Waals surface area (Å²) in [5, 5.41) is 17.2. The van der Waals surface area contributed by atoms with E-state index in [1.807, 2.05) is 25.5 Å². The van der Waals surface area contributed by atoms with E-state index in [1.165, 1.54) is 12.1 Å². The molecule has 0 aliphatic heterocycles. The average Bonchev–Trinajstić information content (AvgIpc) is 2.79. The van der Waals surface area contributed by atoms with Crippen molar-refractivity contribution < 1.29 is 9.50 Å². The van der Waals surface area contributed by atoms with Crippen LogP contribution in [-0.4, -0.2) is 27.5 Å². The number of benzene rings is 1. The second kappa shape index (κ2) is 7.03. The molecule has 0 saturated heterocycles. The number of nitrogens with one attached hydrogen (secondary N) is 1. The maximum atomic E-state index is 13.0. The van der Waals surface area contributed by atoms with Crippen LogP contribution in [0.1, 0.15) is 30.8 Å². The first-order chi connectivity index (χ1) is 10.4. The molecule has 2 unspecified atom stereocenters. The van der Waals surface area contributed by atoms with Crippen LogP contribution < -0.4 is 5.32 Å². The summed E-state index contributed by atoms with van der Waals surface area (Å²) in [5.74, 6) is -0.0493. The smallest absolute Gasteiger partial charge is 0.123 e. The fourth-order valence-corrected chi connectivity index (χ4v) is 2.39. The zero-order chi connectivity index (χ0) is 16.3. The van der Waals surface area contributed by atoms with Crippen LogP contribution in [0.15, 0.2) is 24.3 Å². The zero-order valence-electron chi connectivity index (χ0n) is 13.6. The minimum Gasteiger partial charge on any atom is -0.396 e. The number of aryl methyl sites for hydroxylation is 1. The molecule has 1 aromatic heterocycles. The number of aliphatic hydroxyl groups is 1. The average molecular weight is 305 g/mol. The van der Waals surface area contributed by atoms with Gasteiger partial charge in [0.15, 0.2) is 0 Å². The zero-order valence-corrected chi connectivity index (χ0v) is 13.6. The monoisotopic (exact) mass is 305 g/mol. The Morgan fingerprint density at radius 2 is 1.86 bits per heavy atom. The van der Waals surface area contributed by atoms with Crippen molar-refractivity contribution in [3.05, 3.63) is 47.0 Å². The van der Waals surface area contributed by atoms with Gasteiger partial charge in [0.25, 0.3) is 0 Å². The molecular formula is C17H24FN3O. The highest BCUT2D eigenvalue weighted by atomic mass is 19.1. The highest BCUT2D eigenvalue weighted by molar-refractivity contribution is 5.37. The molecule has 0 amide bonds. The van der Waals surface area contributed by atoms with Crippen LogP contribution in [0.3, 0.4) is 0 Å². The van der Waals surface area contributed by atoms with Crippen molar-refractivity contribution in [3.63, 3.8) is 0 Å². The topological polar surface area (TPSA) is 50.1 Å². The number of rotatable bonds is 6. The lowest BCUT2D eigenvalue weighted by atomic mass is 10.0. The molecule has 4 nitrogen and oxygen atoms in total. The second-order valence-corrected chi connectivity index (χ2v) is 5.87. The van der Waals surface area contributed by atoms with Crippen LogP contribution in [0.5, 0.6) is 0 Å². The summed E-state index contributed by atoms with van der Waals surface area (Å²) in [6.45, 7) is 8.94. The van der Waals surface area contributed by atoms with Gasteiger partial charge in [0.1, 0.15) is 5.82 Å². The molecule has 0 aliphatic rings. The predicted octanol–water partition coefficient (Wildman–Crippen LogP) is 2.73. The van der Waals surface area contributed by atoms with Crippen LogP contribution in [0.4, 0.5) is 4.39 Å². The molecule has 2 atom stereocenters. The predicted molar refractivity (Wildman–Crippen MR) is 85.5 cm³/mol. The van der Waals surface area contributed by atoms with E-state index < -0.39 is 0 Å². The highest BCUT2D eigenvalue weighted by Gasteiger charge is 2.15. The Hall–Kier alpha value is -1.72. The Morgan fingerprint density at radius 1 is 1.23 bits per heavy atom. The van der Waals surface area contributed by atoms with Gasteiger partial charge in [-0.1, -0.05) is 6.92 Å². The van der Waals surface area contributed by atoms with Gasteiger partial charge >= 0.3 is 0 Å². The first-order valence-electron chi connectivity index (χ1n) is 7.59. The minimum atomic E-state index is -0.251. The Morgan fingerprint density at radius 3 is 2.45 bits per heavy atom. The van der Waals surface area contributed by atoms with E-state index in [0.29, 0.717) is 6.54 Å². The highest BCUT2D eigenvalue weighted by Crippen LogP contribution is 2.18. The normalized spacial score (nSPS) is 14.1. The second-order valence-electron chi connectivity index (χ2n) is 5.87. The van der Waals surface area contributed by atoms with Crippen LogP contribution in [-0.2, 0) is 6.54 Å². The lowest BCUT2D eigenvalue weighted by Gasteiger charge is -2.19. The molecule has 5 heteroatoms. The summed E-state index contributed by atoms with van der Waals surface area (Å²) < 4.78 is 14.9. The van der Waals surface area contributed by atoms with E-state index in [2.05, 4.69) is 17.3 Å². The summed E-state index contributed by atoms with van der Waals surface area (Å²) in [7, 11) is 0.